The maximum atomic E-state index is 8.37. The van der Waals surface area contributed by atoms with Gasteiger partial charge in [-0.1, -0.05) is 132 Å². The molecular formula is C48H68O5Si2. The molecule has 0 heterocycles. The van der Waals surface area contributed by atoms with E-state index in [0.717, 1.165) is 43.7 Å². The highest BCUT2D eigenvalue weighted by Gasteiger charge is 2.43. The molecule has 0 bridgehead atoms. The Kier molecular flexibility index (Phi) is 14.2. The minimum Gasteiger partial charge on any atom is -0.494 e. The van der Waals surface area contributed by atoms with Crippen molar-refractivity contribution in [2.75, 3.05) is 26.4 Å². The van der Waals surface area contributed by atoms with Crippen LogP contribution >= 0.6 is 0 Å². The smallest absolute Gasteiger partial charge is 0.280 e. The predicted molar refractivity (Wildman–Crippen MR) is 236 cm³/mol. The maximum Gasteiger partial charge on any atom is 0.280 e. The van der Waals surface area contributed by atoms with Gasteiger partial charge in [0.2, 0.25) is 0 Å². The summed E-state index contributed by atoms with van der Waals surface area (Å²) in [6.07, 6.45) is 0. The van der Waals surface area contributed by atoms with E-state index in [1.54, 1.807) is 0 Å². The van der Waals surface area contributed by atoms with Gasteiger partial charge in [0.15, 0.2) is 0 Å². The second-order valence-electron chi connectivity index (χ2n) is 18.2. The van der Waals surface area contributed by atoms with Gasteiger partial charge in [0.05, 0.1) is 26.4 Å². The first-order valence-corrected chi connectivity index (χ1v) is 23.0. The molecule has 0 saturated carbocycles. The van der Waals surface area contributed by atoms with Crippen molar-refractivity contribution >= 4 is 38.8 Å². The summed E-state index contributed by atoms with van der Waals surface area (Å²) >= 11 is 0. The van der Waals surface area contributed by atoms with Crippen molar-refractivity contribution in [1.29, 1.82) is 0 Å². The number of benzene rings is 4. The summed E-state index contributed by atoms with van der Waals surface area (Å²) in [5.74, 6) is 3.44. The molecule has 0 N–H and O–H groups in total. The molecule has 7 heteroatoms. The van der Waals surface area contributed by atoms with Gasteiger partial charge < -0.3 is 23.1 Å². The lowest BCUT2D eigenvalue weighted by molar-refractivity contribution is 0.339. The summed E-state index contributed by atoms with van der Waals surface area (Å²) < 4.78 is 34.9. The van der Waals surface area contributed by atoms with E-state index in [4.69, 9.17) is 23.1 Å². The fraction of sp³-hybridized carbons (Fsp3) is 0.500. The van der Waals surface area contributed by atoms with Gasteiger partial charge in [0.25, 0.3) is 18.1 Å². The largest absolute Gasteiger partial charge is 0.494 e. The first-order valence-electron chi connectivity index (χ1n) is 20.2. The number of hydrogen-bond donors (Lipinski definition) is 0. The zero-order valence-electron chi connectivity index (χ0n) is 36.8. The summed E-state index contributed by atoms with van der Waals surface area (Å²) in [4.78, 5) is 0. The van der Waals surface area contributed by atoms with Crippen molar-refractivity contribution < 1.29 is 23.1 Å². The Morgan fingerprint density at radius 1 is 0.345 bits per heavy atom. The molecule has 4 rings (SSSR count). The Morgan fingerprint density at radius 2 is 0.545 bits per heavy atom. The fourth-order valence-corrected chi connectivity index (χ4v) is 14.5. The van der Waals surface area contributed by atoms with E-state index >= 15 is 0 Å². The summed E-state index contributed by atoms with van der Waals surface area (Å²) in [5, 5.41) is 4.50. The average Bonchev–Trinajstić information content (AvgIpc) is 3.08. The lowest BCUT2D eigenvalue weighted by Gasteiger charge is -2.37. The van der Waals surface area contributed by atoms with E-state index in [0.29, 0.717) is 26.4 Å². The maximum absolute atomic E-state index is 8.37. The van der Waals surface area contributed by atoms with Crippen LogP contribution < -0.4 is 39.7 Å². The van der Waals surface area contributed by atoms with Crippen molar-refractivity contribution in [2.45, 2.75) is 132 Å². The van der Waals surface area contributed by atoms with Crippen LogP contribution in [-0.2, 0) is 25.8 Å². The summed E-state index contributed by atoms with van der Waals surface area (Å²) in [5.41, 5.74) is 4.00. The van der Waals surface area contributed by atoms with Gasteiger partial charge in [0, 0.05) is 20.7 Å². The number of rotatable bonds is 14. The molecule has 0 unspecified atom stereocenters. The Balaban J connectivity index is 2.36. The van der Waals surface area contributed by atoms with Crippen LogP contribution in [0.25, 0.3) is 0 Å². The summed E-state index contributed by atoms with van der Waals surface area (Å²) in [6, 6.07) is 26.1. The number of ether oxygens (including phenoxy) is 4. The Hall–Kier alpha value is -3.53. The molecule has 0 aliphatic carbocycles. The first-order chi connectivity index (χ1) is 25.7. The molecule has 0 amide bonds. The lowest BCUT2D eigenvalue weighted by atomic mass is 9.86. The van der Waals surface area contributed by atoms with Crippen LogP contribution in [0.3, 0.4) is 0 Å². The van der Waals surface area contributed by atoms with Gasteiger partial charge in [-0.25, -0.2) is 0 Å². The molecule has 55 heavy (non-hydrogen) atoms. The van der Waals surface area contributed by atoms with E-state index in [1.165, 1.54) is 22.3 Å². The quantitative estimate of drug-likeness (QED) is 0.119. The number of hydrogen-bond acceptors (Lipinski definition) is 5. The van der Waals surface area contributed by atoms with Crippen LogP contribution in [0.4, 0.5) is 0 Å². The van der Waals surface area contributed by atoms with E-state index < -0.39 is 18.1 Å². The zero-order chi connectivity index (χ0) is 40.9. The zero-order valence-corrected chi connectivity index (χ0v) is 38.8. The van der Waals surface area contributed by atoms with Crippen LogP contribution in [0.5, 0.6) is 23.0 Å². The van der Waals surface area contributed by atoms with E-state index in [-0.39, 0.29) is 21.7 Å². The molecule has 2 radical (unpaired) electrons. The van der Waals surface area contributed by atoms with E-state index in [1.807, 2.05) is 0 Å². The van der Waals surface area contributed by atoms with Gasteiger partial charge in [0.1, 0.15) is 23.0 Å². The molecule has 0 saturated heterocycles. The fourth-order valence-electron chi connectivity index (χ4n) is 7.22. The topological polar surface area (TPSA) is 46.2 Å². The highest BCUT2D eigenvalue weighted by atomic mass is 28.4. The average molecular weight is 781 g/mol. The Labute approximate surface area is 337 Å². The van der Waals surface area contributed by atoms with E-state index in [2.05, 4.69) is 184 Å². The van der Waals surface area contributed by atoms with Gasteiger partial charge in [-0.2, -0.15) is 0 Å². The van der Waals surface area contributed by atoms with Crippen molar-refractivity contribution in [3.05, 3.63) is 95.1 Å². The third-order valence-corrected chi connectivity index (χ3v) is 15.2. The van der Waals surface area contributed by atoms with Crippen LogP contribution in [-0.4, -0.2) is 44.5 Å². The second-order valence-corrected chi connectivity index (χ2v) is 22.3. The second kappa shape index (κ2) is 17.7. The highest BCUT2D eigenvalue weighted by molar-refractivity contribution is 6.93. The highest BCUT2D eigenvalue weighted by Crippen LogP contribution is 2.33. The third kappa shape index (κ3) is 10.1. The van der Waals surface area contributed by atoms with Crippen LogP contribution in [0, 0.1) is 0 Å². The molecule has 0 aromatic heterocycles. The molecule has 0 spiro atoms. The lowest BCUT2D eigenvalue weighted by Crippen LogP contribution is -2.61. The molecule has 0 aliphatic rings. The molecule has 0 aliphatic heterocycles. The molecular weight excluding hydrogens is 713 g/mol. The van der Waals surface area contributed by atoms with Gasteiger partial charge >= 0.3 is 0 Å². The molecule has 0 fully saturated rings. The summed E-state index contributed by atoms with van der Waals surface area (Å²) in [7, 11) is -4.44. The van der Waals surface area contributed by atoms with Crippen molar-refractivity contribution in [3.8, 4) is 23.0 Å². The minimum absolute atomic E-state index is 0.212. The van der Waals surface area contributed by atoms with Gasteiger partial charge in [-0.3, -0.25) is 0 Å². The van der Waals surface area contributed by atoms with Crippen molar-refractivity contribution in [3.63, 3.8) is 0 Å². The van der Waals surface area contributed by atoms with Crippen LogP contribution in [0.15, 0.2) is 72.8 Å². The standard InChI is InChI=1S/C48H68O5Si2/c1-17-49-37-29-21-25-33(45(5,6)7)41(37)54(42-34(46(8,9)10)26-22-30-38(42)50-18-2)53-55(43-35(47(11,12)13)27-23-31-39(43)51-19-3)44-36(48(14,15)16)28-24-32-40(44)52-20-4/h21-32H,17-20H2,1-16H3. The Bertz CT molecular complexity index is 1620. The van der Waals surface area contributed by atoms with Gasteiger partial charge in [-0.15, -0.1) is 0 Å². The summed E-state index contributed by atoms with van der Waals surface area (Å²) in [6.45, 7) is 37.9. The first kappa shape index (κ1) is 44.2. The normalized spacial score (nSPS) is 12.7. The molecule has 4 aromatic rings. The monoisotopic (exact) mass is 780 g/mol. The van der Waals surface area contributed by atoms with Crippen LogP contribution in [0.2, 0.25) is 0 Å². The van der Waals surface area contributed by atoms with Crippen molar-refractivity contribution in [1.82, 2.24) is 0 Å². The molecule has 0 atom stereocenters. The molecule has 5 nitrogen and oxygen atoms in total. The predicted octanol–water partition coefficient (Wildman–Crippen LogP) is 9.40. The third-order valence-electron chi connectivity index (χ3n) is 9.65. The molecule has 298 valence electrons. The van der Waals surface area contributed by atoms with E-state index in [9.17, 15) is 0 Å². The minimum atomic E-state index is -2.22. The van der Waals surface area contributed by atoms with Gasteiger partial charge in [-0.05, 0) is 95.9 Å². The Morgan fingerprint density at radius 3 is 0.709 bits per heavy atom. The van der Waals surface area contributed by atoms with Crippen LogP contribution in [0.1, 0.15) is 133 Å². The van der Waals surface area contributed by atoms with Crippen molar-refractivity contribution in [2.24, 2.45) is 0 Å². The SMILES string of the molecule is CCOc1cccc(C(C)(C)C)c1[Si](O[Si](c1c(OCC)cccc1C(C)(C)C)c1c(OCC)cccc1C(C)(C)C)c1c(OCC)cccc1C(C)(C)C. The molecule has 4 aromatic carbocycles.